The number of aromatic amines is 1. The fourth-order valence-electron chi connectivity index (χ4n) is 1.72. The van der Waals surface area contributed by atoms with E-state index >= 15 is 0 Å². The second-order valence-electron chi connectivity index (χ2n) is 4.34. The summed E-state index contributed by atoms with van der Waals surface area (Å²) in [5.74, 6) is 0.201. The summed E-state index contributed by atoms with van der Waals surface area (Å²) >= 11 is 0. The highest BCUT2D eigenvalue weighted by atomic mass is 16.5. The lowest BCUT2D eigenvalue weighted by Gasteiger charge is -2.09. The number of ether oxygens (including phenoxy) is 1. The first kappa shape index (κ1) is 13.8. The summed E-state index contributed by atoms with van der Waals surface area (Å²) in [4.78, 5) is 30.6. The van der Waals surface area contributed by atoms with Gasteiger partial charge < -0.3 is 15.0 Å². The third kappa shape index (κ3) is 2.85. The molecule has 0 atom stereocenters. The molecule has 0 radical (unpaired) electrons. The van der Waals surface area contributed by atoms with Crippen LogP contribution in [0, 0.1) is 13.8 Å². The maximum absolute atomic E-state index is 12.1. The lowest BCUT2D eigenvalue weighted by molar-refractivity contribution is 0.102. The molecule has 2 aromatic heterocycles. The van der Waals surface area contributed by atoms with Crippen molar-refractivity contribution in [3.63, 3.8) is 0 Å². The Kier molecular flexibility index (Phi) is 3.84. The molecule has 2 heterocycles. The second-order valence-corrected chi connectivity index (χ2v) is 4.34. The highest BCUT2D eigenvalue weighted by molar-refractivity contribution is 6.04. The molecule has 0 saturated heterocycles. The van der Waals surface area contributed by atoms with Gasteiger partial charge in [0.05, 0.1) is 7.11 Å². The summed E-state index contributed by atoms with van der Waals surface area (Å²) in [7, 11) is 1.49. The van der Waals surface area contributed by atoms with Crippen molar-refractivity contribution >= 4 is 11.7 Å². The number of pyridine rings is 2. The topological polar surface area (TPSA) is 84.1 Å². The van der Waals surface area contributed by atoms with Crippen LogP contribution in [0.2, 0.25) is 0 Å². The molecule has 104 valence electrons. The van der Waals surface area contributed by atoms with Gasteiger partial charge in [-0.2, -0.15) is 0 Å². The van der Waals surface area contributed by atoms with Gasteiger partial charge in [0.25, 0.3) is 11.5 Å². The normalized spacial score (nSPS) is 10.2. The molecular formula is C14H15N3O3. The SMILES string of the molecule is COc1ccc(C)nc1NC(=O)c1ccc(C)[nH]c1=O. The van der Waals surface area contributed by atoms with E-state index in [0.29, 0.717) is 11.4 Å². The molecule has 6 heteroatoms. The molecule has 0 aliphatic carbocycles. The number of methoxy groups -OCH3 is 1. The zero-order valence-electron chi connectivity index (χ0n) is 11.5. The van der Waals surface area contributed by atoms with E-state index in [4.69, 9.17) is 4.74 Å². The summed E-state index contributed by atoms with van der Waals surface area (Å²) in [5, 5.41) is 2.58. The number of H-pyrrole nitrogens is 1. The van der Waals surface area contributed by atoms with Gasteiger partial charge in [-0.05, 0) is 38.1 Å². The molecular weight excluding hydrogens is 258 g/mol. The number of carbonyl (C=O) groups is 1. The molecule has 0 spiro atoms. The first-order chi connectivity index (χ1) is 9.51. The van der Waals surface area contributed by atoms with Crippen molar-refractivity contribution in [2.45, 2.75) is 13.8 Å². The molecule has 0 saturated carbocycles. The van der Waals surface area contributed by atoms with Gasteiger partial charge >= 0.3 is 0 Å². The molecule has 20 heavy (non-hydrogen) atoms. The Bertz CT molecular complexity index is 707. The molecule has 0 aliphatic heterocycles. The second kappa shape index (κ2) is 5.56. The Morgan fingerprint density at radius 3 is 2.65 bits per heavy atom. The van der Waals surface area contributed by atoms with Crippen LogP contribution in [0.1, 0.15) is 21.7 Å². The molecule has 0 unspecified atom stereocenters. The van der Waals surface area contributed by atoms with Crippen molar-refractivity contribution in [1.82, 2.24) is 9.97 Å². The predicted molar refractivity (Wildman–Crippen MR) is 75.3 cm³/mol. The molecule has 0 aromatic carbocycles. The van der Waals surface area contributed by atoms with E-state index in [-0.39, 0.29) is 11.4 Å². The molecule has 0 aliphatic rings. The van der Waals surface area contributed by atoms with Gasteiger partial charge in [0, 0.05) is 11.4 Å². The van der Waals surface area contributed by atoms with Gasteiger partial charge in [-0.3, -0.25) is 9.59 Å². The molecule has 0 fully saturated rings. The number of rotatable bonds is 3. The van der Waals surface area contributed by atoms with Crippen molar-refractivity contribution in [2.24, 2.45) is 0 Å². The van der Waals surface area contributed by atoms with Gasteiger partial charge in [0.15, 0.2) is 11.6 Å². The lowest BCUT2D eigenvalue weighted by Crippen LogP contribution is -2.24. The third-order valence-corrected chi connectivity index (χ3v) is 2.75. The van der Waals surface area contributed by atoms with Gasteiger partial charge in [0.1, 0.15) is 5.56 Å². The number of anilines is 1. The number of aromatic nitrogens is 2. The first-order valence-electron chi connectivity index (χ1n) is 6.04. The minimum Gasteiger partial charge on any atom is -0.493 e. The Morgan fingerprint density at radius 2 is 2.00 bits per heavy atom. The molecule has 0 bridgehead atoms. The van der Waals surface area contributed by atoms with E-state index in [2.05, 4.69) is 15.3 Å². The van der Waals surface area contributed by atoms with E-state index < -0.39 is 11.5 Å². The number of amides is 1. The Morgan fingerprint density at radius 1 is 1.25 bits per heavy atom. The van der Waals surface area contributed by atoms with Gasteiger partial charge in [-0.25, -0.2) is 4.98 Å². The van der Waals surface area contributed by atoms with Gasteiger partial charge in [-0.1, -0.05) is 0 Å². The fraction of sp³-hybridized carbons (Fsp3) is 0.214. The van der Waals surface area contributed by atoms with Crippen molar-refractivity contribution < 1.29 is 9.53 Å². The van der Waals surface area contributed by atoms with Crippen LogP contribution in [0.4, 0.5) is 5.82 Å². The van der Waals surface area contributed by atoms with Crippen LogP contribution in [0.5, 0.6) is 5.75 Å². The van der Waals surface area contributed by atoms with E-state index in [1.54, 1.807) is 32.0 Å². The van der Waals surface area contributed by atoms with Crippen LogP contribution in [0.15, 0.2) is 29.1 Å². The summed E-state index contributed by atoms with van der Waals surface area (Å²) < 4.78 is 5.12. The fourth-order valence-corrected chi connectivity index (χ4v) is 1.72. The standard InChI is InChI=1S/C14H15N3O3/c1-8-5-7-11(20-3)12(15-8)17-14(19)10-6-4-9(2)16-13(10)18/h4-7H,1-3H3,(H,16,18)(H,15,17,19). The molecule has 2 rings (SSSR count). The van der Waals surface area contributed by atoms with Crippen LogP contribution in [-0.4, -0.2) is 23.0 Å². The minimum atomic E-state index is -0.525. The van der Waals surface area contributed by atoms with Crippen molar-refractivity contribution in [3.8, 4) is 5.75 Å². The number of nitrogens with zero attached hydrogens (tertiary/aromatic N) is 1. The van der Waals surface area contributed by atoms with E-state index in [0.717, 1.165) is 5.69 Å². The van der Waals surface area contributed by atoms with Gasteiger partial charge in [-0.15, -0.1) is 0 Å². The predicted octanol–water partition coefficient (Wildman–Crippen LogP) is 1.65. The zero-order valence-corrected chi connectivity index (χ0v) is 11.5. The van der Waals surface area contributed by atoms with Crippen LogP contribution >= 0.6 is 0 Å². The van der Waals surface area contributed by atoms with Crippen molar-refractivity contribution in [1.29, 1.82) is 0 Å². The highest BCUT2D eigenvalue weighted by Crippen LogP contribution is 2.21. The number of carbonyl (C=O) groups excluding carboxylic acids is 1. The van der Waals surface area contributed by atoms with Crippen LogP contribution in [-0.2, 0) is 0 Å². The smallest absolute Gasteiger partial charge is 0.262 e. The molecule has 2 aromatic rings. The third-order valence-electron chi connectivity index (χ3n) is 2.75. The number of hydrogen-bond acceptors (Lipinski definition) is 4. The summed E-state index contributed by atoms with van der Waals surface area (Å²) in [6, 6.07) is 6.62. The molecule has 1 amide bonds. The number of hydrogen-bond donors (Lipinski definition) is 2. The van der Waals surface area contributed by atoms with Crippen LogP contribution < -0.4 is 15.6 Å². The Balaban J connectivity index is 2.32. The Hall–Kier alpha value is -2.63. The maximum Gasteiger partial charge on any atom is 0.262 e. The highest BCUT2D eigenvalue weighted by Gasteiger charge is 2.14. The van der Waals surface area contributed by atoms with Crippen LogP contribution in [0.3, 0.4) is 0 Å². The minimum absolute atomic E-state index is 0.0287. The monoisotopic (exact) mass is 273 g/mol. The van der Waals surface area contributed by atoms with E-state index in [1.165, 1.54) is 13.2 Å². The molecule has 6 nitrogen and oxygen atoms in total. The van der Waals surface area contributed by atoms with Crippen LogP contribution in [0.25, 0.3) is 0 Å². The lowest BCUT2D eigenvalue weighted by atomic mass is 10.2. The van der Waals surface area contributed by atoms with E-state index in [1.807, 2.05) is 0 Å². The first-order valence-corrected chi connectivity index (χ1v) is 6.04. The average Bonchev–Trinajstić information content (AvgIpc) is 2.38. The largest absolute Gasteiger partial charge is 0.493 e. The van der Waals surface area contributed by atoms with Crippen molar-refractivity contribution in [3.05, 3.63) is 51.6 Å². The van der Waals surface area contributed by atoms with E-state index in [9.17, 15) is 9.59 Å². The average molecular weight is 273 g/mol. The summed E-state index contributed by atoms with van der Waals surface area (Å²) in [6.45, 7) is 3.54. The number of aryl methyl sites for hydroxylation is 2. The summed E-state index contributed by atoms with van der Waals surface area (Å²) in [6.07, 6.45) is 0. The van der Waals surface area contributed by atoms with Crippen molar-refractivity contribution in [2.75, 3.05) is 12.4 Å². The maximum atomic E-state index is 12.1. The quantitative estimate of drug-likeness (QED) is 0.890. The Labute approximate surface area is 115 Å². The number of nitrogens with one attached hydrogen (secondary N) is 2. The van der Waals surface area contributed by atoms with Gasteiger partial charge in [0.2, 0.25) is 0 Å². The zero-order chi connectivity index (χ0) is 14.7. The molecule has 2 N–H and O–H groups in total. The summed E-state index contributed by atoms with van der Waals surface area (Å²) in [5.41, 5.74) is 1.02.